The van der Waals surface area contributed by atoms with E-state index in [4.69, 9.17) is 9.72 Å². The van der Waals surface area contributed by atoms with Crippen molar-refractivity contribution in [1.29, 1.82) is 0 Å². The number of phenols is 1. The predicted molar refractivity (Wildman–Crippen MR) is 101 cm³/mol. The number of methoxy groups -OCH3 is 1. The Morgan fingerprint density at radius 2 is 2.00 bits per heavy atom. The van der Waals surface area contributed by atoms with E-state index in [-0.39, 0.29) is 5.75 Å². The van der Waals surface area contributed by atoms with Crippen LogP contribution in [0.15, 0.2) is 59.7 Å². The Balaban J connectivity index is 1.66. The fourth-order valence-corrected chi connectivity index (χ4v) is 2.89. The number of aromatic nitrogens is 2. The quantitative estimate of drug-likeness (QED) is 0.782. The van der Waals surface area contributed by atoms with E-state index in [1.54, 1.807) is 25.4 Å². The van der Waals surface area contributed by atoms with Crippen molar-refractivity contribution < 1.29 is 9.84 Å². The number of hydrogen-bond donors (Lipinski definition) is 1. The summed E-state index contributed by atoms with van der Waals surface area (Å²) < 4.78 is 5.31. The van der Waals surface area contributed by atoms with Crippen LogP contribution in [-0.2, 0) is 6.54 Å². The number of nitrogens with zero attached hydrogens (tertiary/aromatic N) is 4. The van der Waals surface area contributed by atoms with Gasteiger partial charge in [-0.05, 0) is 42.0 Å². The summed E-state index contributed by atoms with van der Waals surface area (Å²) in [4.78, 5) is 15.7. The molecule has 1 N–H and O–H groups in total. The summed E-state index contributed by atoms with van der Waals surface area (Å²) in [5.74, 6) is 2.42. The highest BCUT2D eigenvalue weighted by molar-refractivity contribution is 5.78. The van der Waals surface area contributed by atoms with E-state index in [1.807, 2.05) is 36.5 Å². The van der Waals surface area contributed by atoms with Gasteiger partial charge in [-0.1, -0.05) is 12.1 Å². The first-order valence-electron chi connectivity index (χ1n) is 8.30. The number of fused-ring (bicyclic) bond motifs is 1. The van der Waals surface area contributed by atoms with Crippen molar-refractivity contribution in [2.75, 3.05) is 18.6 Å². The van der Waals surface area contributed by atoms with Crippen LogP contribution < -0.4 is 9.64 Å². The molecule has 0 radical (unpaired) electrons. The lowest BCUT2D eigenvalue weighted by Crippen LogP contribution is -2.28. The van der Waals surface area contributed by atoms with Crippen molar-refractivity contribution in [2.24, 2.45) is 4.99 Å². The molecule has 0 fully saturated rings. The number of rotatable bonds is 4. The van der Waals surface area contributed by atoms with Gasteiger partial charge < -0.3 is 14.7 Å². The molecule has 1 aliphatic rings. The number of phenolic OH excluding ortho intramolecular Hbond substituents is 1. The molecule has 3 aromatic rings. The average molecular weight is 346 g/mol. The number of ether oxygens (including phenoxy) is 1. The van der Waals surface area contributed by atoms with E-state index in [1.165, 1.54) is 0 Å². The van der Waals surface area contributed by atoms with Gasteiger partial charge >= 0.3 is 0 Å². The largest absolute Gasteiger partial charge is 0.508 e. The third-order valence-electron chi connectivity index (χ3n) is 4.22. The molecule has 0 atom stereocenters. The van der Waals surface area contributed by atoms with Gasteiger partial charge in [0.25, 0.3) is 0 Å². The molecule has 0 saturated carbocycles. The molecule has 4 rings (SSSR count). The van der Waals surface area contributed by atoms with Crippen LogP contribution in [0.4, 0.5) is 11.6 Å². The molecule has 0 bridgehead atoms. The van der Waals surface area contributed by atoms with Gasteiger partial charge in [-0.15, -0.1) is 0 Å². The normalized spacial score (nSPS) is 12.7. The first-order valence-corrected chi connectivity index (χ1v) is 8.30. The van der Waals surface area contributed by atoms with E-state index in [9.17, 15) is 5.11 Å². The molecule has 0 spiro atoms. The standard InChI is InChI=1S/C20H18N4O2/c1-26-17-4-2-3-14(11-17)13-24-10-9-21-19-20(24)23-18(12-22-19)15-5-7-16(25)8-6-15/h2-9,11-12,25H,10,13H2,1H3. The zero-order chi connectivity index (χ0) is 17.9. The number of hydrogen-bond acceptors (Lipinski definition) is 6. The smallest absolute Gasteiger partial charge is 0.195 e. The molecule has 2 heterocycles. The van der Waals surface area contributed by atoms with Gasteiger partial charge in [-0.2, -0.15) is 0 Å². The number of aromatic hydroxyl groups is 1. The summed E-state index contributed by atoms with van der Waals surface area (Å²) in [6.45, 7) is 1.35. The monoisotopic (exact) mass is 346 g/mol. The van der Waals surface area contributed by atoms with Crippen LogP contribution in [0.25, 0.3) is 11.3 Å². The molecule has 0 aliphatic carbocycles. The van der Waals surface area contributed by atoms with Crippen LogP contribution in [-0.4, -0.2) is 34.9 Å². The van der Waals surface area contributed by atoms with Gasteiger partial charge in [-0.3, -0.25) is 0 Å². The van der Waals surface area contributed by atoms with Gasteiger partial charge in [0.2, 0.25) is 0 Å². The highest BCUT2D eigenvalue weighted by Crippen LogP contribution is 2.31. The highest BCUT2D eigenvalue weighted by Gasteiger charge is 2.19. The topological polar surface area (TPSA) is 70.8 Å². The number of benzene rings is 2. The zero-order valence-corrected chi connectivity index (χ0v) is 14.3. The average Bonchev–Trinajstić information content (AvgIpc) is 2.69. The van der Waals surface area contributed by atoms with E-state index in [0.29, 0.717) is 18.9 Å². The van der Waals surface area contributed by atoms with Crippen molar-refractivity contribution in [3.8, 4) is 22.8 Å². The first kappa shape index (κ1) is 16.1. The number of aliphatic imine (C=N–C) groups is 1. The molecule has 130 valence electrons. The summed E-state index contributed by atoms with van der Waals surface area (Å²) in [7, 11) is 1.66. The molecule has 26 heavy (non-hydrogen) atoms. The first-order chi connectivity index (χ1) is 12.7. The Bertz CT molecular complexity index is 954. The third-order valence-corrected chi connectivity index (χ3v) is 4.22. The lowest BCUT2D eigenvalue weighted by molar-refractivity contribution is 0.414. The predicted octanol–water partition coefficient (Wildman–Crippen LogP) is 3.58. The van der Waals surface area contributed by atoms with Gasteiger partial charge in [-0.25, -0.2) is 15.0 Å². The fraction of sp³-hybridized carbons (Fsp3) is 0.150. The molecule has 0 unspecified atom stereocenters. The minimum Gasteiger partial charge on any atom is -0.508 e. The van der Waals surface area contributed by atoms with Crippen LogP contribution in [0.2, 0.25) is 0 Å². The van der Waals surface area contributed by atoms with Gasteiger partial charge in [0.15, 0.2) is 11.6 Å². The van der Waals surface area contributed by atoms with E-state index in [2.05, 4.69) is 20.9 Å². The summed E-state index contributed by atoms with van der Waals surface area (Å²) in [6.07, 6.45) is 3.55. The lowest BCUT2D eigenvalue weighted by Gasteiger charge is -2.26. The SMILES string of the molecule is COc1cccc(CN2CC=Nc3ncc(-c4ccc(O)cc4)nc32)c1. The maximum Gasteiger partial charge on any atom is 0.195 e. The van der Waals surface area contributed by atoms with Crippen LogP contribution in [0, 0.1) is 0 Å². The maximum absolute atomic E-state index is 9.47. The summed E-state index contributed by atoms with van der Waals surface area (Å²) in [5.41, 5.74) is 2.77. The second-order valence-electron chi connectivity index (χ2n) is 5.99. The maximum atomic E-state index is 9.47. The fourth-order valence-electron chi connectivity index (χ4n) is 2.89. The van der Waals surface area contributed by atoms with E-state index < -0.39 is 0 Å². The van der Waals surface area contributed by atoms with Crippen LogP contribution >= 0.6 is 0 Å². The molecule has 2 aromatic carbocycles. The van der Waals surface area contributed by atoms with Gasteiger partial charge in [0.05, 0.1) is 25.5 Å². The lowest BCUT2D eigenvalue weighted by atomic mass is 10.1. The van der Waals surface area contributed by atoms with E-state index in [0.717, 1.165) is 28.4 Å². The molecule has 0 amide bonds. The molecule has 1 aromatic heterocycles. The van der Waals surface area contributed by atoms with Gasteiger partial charge in [0, 0.05) is 18.3 Å². The molecular weight excluding hydrogens is 328 g/mol. The molecule has 6 heteroatoms. The van der Waals surface area contributed by atoms with Crippen LogP contribution in [0.3, 0.4) is 0 Å². The summed E-state index contributed by atoms with van der Waals surface area (Å²) in [5, 5.41) is 9.47. The summed E-state index contributed by atoms with van der Waals surface area (Å²) in [6, 6.07) is 14.9. The van der Waals surface area contributed by atoms with Crippen molar-refractivity contribution in [2.45, 2.75) is 6.54 Å². The highest BCUT2D eigenvalue weighted by atomic mass is 16.5. The van der Waals surface area contributed by atoms with Crippen molar-refractivity contribution in [3.05, 3.63) is 60.3 Å². The van der Waals surface area contributed by atoms with Crippen molar-refractivity contribution in [3.63, 3.8) is 0 Å². The van der Waals surface area contributed by atoms with Gasteiger partial charge in [0.1, 0.15) is 11.5 Å². The second kappa shape index (κ2) is 6.84. The Morgan fingerprint density at radius 1 is 1.15 bits per heavy atom. The van der Waals surface area contributed by atoms with Crippen LogP contribution in [0.1, 0.15) is 5.56 Å². The van der Waals surface area contributed by atoms with E-state index >= 15 is 0 Å². The Labute approximate surface area is 151 Å². The Hall–Kier alpha value is -3.41. The zero-order valence-electron chi connectivity index (χ0n) is 14.3. The minimum absolute atomic E-state index is 0.226. The third kappa shape index (κ3) is 3.21. The number of anilines is 1. The minimum atomic E-state index is 0.226. The van der Waals surface area contributed by atoms with Crippen LogP contribution in [0.5, 0.6) is 11.5 Å². The molecule has 1 aliphatic heterocycles. The molecular formula is C20H18N4O2. The Morgan fingerprint density at radius 3 is 2.81 bits per heavy atom. The molecule has 0 saturated heterocycles. The van der Waals surface area contributed by atoms with Crippen molar-refractivity contribution in [1.82, 2.24) is 9.97 Å². The van der Waals surface area contributed by atoms with Crippen molar-refractivity contribution >= 4 is 17.9 Å². The molecule has 6 nitrogen and oxygen atoms in total. The summed E-state index contributed by atoms with van der Waals surface area (Å²) >= 11 is 0. The Kier molecular flexibility index (Phi) is 4.23. The second-order valence-corrected chi connectivity index (χ2v) is 5.99.